The number of nitrogens with zero attached hydrogens (tertiary/aromatic N) is 2. The van der Waals surface area contributed by atoms with Crippen LogP contribution in [0.15, 0.2) is 24.3 Å². The maximum Gasteiger partial charge on any atom is 0.250 e. The van der Waals surface area contributed by atoms with E-state index in [9.17, 15) is 4.79 Å². The third-order valence-electron chi connectivity index (χ3n) is 2.99. The van der Waals surface area contributed by atoms with Crippen LogP contribution < -0.4 is 14.8 Å². The number of aryl methyl sites for hydroxylation is 1. The van der Waals surface area contributed by atoms with Gasteiger partial charge < -0.3 is 9.47 Å². The molecule has 0 radical (unpaired) electrons. The lowest BCUT2D eigenvalue weighted by Crippen LogP contribution is -2.07. The average Bonchev–Trinajstić information content (AvgIpc) is 3.03. The summed E-state index contributed by atoms with van der Waals surface area (Å²) in [5.41, 5.74) is 0.851. The Hall–Kier alpha value is -2.41. The van der Waals surface area contributed by atoms with Crippen molar-refractivity contribution in [2.45, 2.75) is 27.2 Å². The van der Waals surface area contributed by atoms with Gasteiger partial charge in [0.05, 0.1) is 13.2 Å². The van der Waals surface area contributed by atoms with Gasteiger partial charge in [0.15, 0.2) is 11.5 Å². The van der Waals surface area contributed by atoms with Crippen molar-refractivity contribution in [3.8, 4) is 11.5 Å². The topological polar surface area (TPSA) is 73.3 Å². The molecular weight excluding hydrogens is 326 g/mol. The van der Waals surface area contributed by atoms with Gasteiger partial charge in [0.1, 0.15) is 5.01 Å². The standard InChI is InChI=1S/C17H21N3O3S/c1-4-16-19-20-17(24-16)18-15(21)10-8-12-7-9-13(22-5-2)14(11-12)23-6-3/h7-11H,4-6H2,1-3H3,(H,18,20,21). The van der Waals surface area contributed by atoms with Gasteiger partial charge in [0, 0.05) is 6.08 Å². The summed E-state index contributed by atoms with van der Waals surface area (Å²) in [5.74, 6) is 1.11. The first-order valence-electron chi connectivity index (χ1n) is 7.87. The molecular formula is C17H21N3O3S. The Bertz CT molecular complexity index is 713. The van der Waals surface area contributed by atoms with Crippen molar-refractivity contribution in [3.63, 3.8) is 0 Å². The summed E-state index contributed by atoms with van der Waals surface area (Å²) >= 11 is 1.37. The van der Waals surface area contributed by atoms with Crippen LogP contribution in [0.3, 0.4) is 0 Å². The van der Waals surface area contributed by atoms with Gasteiger partial charge in [-0.05, 0) is 44.0 Å². The van der Waals surface area contributed by atoms with E-state index in [2.05, 4.69) is 15.5 Å². The molecule has 0 fully saturated rings. The molecule has 0 unspecified atom stereocenters. The molecule has 0 atom stereocenters. The molecule has 1 amide bonds. The lowest BCUT2D eigenvalue weighted by molar-refractivity contribution is -0.111. The first-order valence-corrected chi connectivity index (χ1v) is 8.69. The van der Waals surface area contributed by atoms with Crippen LogP contribution in [0.1, 0.15) is 31.3 Å². The zero-order valence-electron chi connectivity index (χ0n) is 14.0. The summed E-state index contributed by atoms with van der Waals surface area (Å²) in [7, 11) is 0. The lowest BCUT2D eigenvalue weighted by Gasteiger charge is -2.11. The number of carbonyl (C=O) groups is 1. The van der Waals surface area contributed by atoms with Gasteiger partial charge in [-0.2, -0.15) is 0 Å². The summed E-state index contributed by atoms with van der Waals surface area (Å²) in [5, 5.41) is 12.0. The third-order valence-corrected chi connectivity index (χ3v) is 3.98. The van der Waals surface area contributed by atoms with Crippen LogP contribution in [0.2, 0.25) is 0 Å². The predicted octanol–water partition coefficient (Wildman–Crippen LogP) is 3.55. The number of hydrogen-bond donors (Lipinski definition) is 1. The minimum Gasteiger partial charge on any atom is -0.490 e. The summed E-state index contributed by atoms with van der Waals surface area (Å²) in [6.07, 6.45) is 3.98. The Morgan fingerprint density at radius 1 is 1.17 bits per heavy atom. The smallest absolute Gasteiger partial charge is 0.250 e. The van der Waals surface area contributed by atoms with Crippen molar-refractivity contribution < 1.29 is 14.3 Å². The Morgan fingerprint density at radius 3 is 2.58 bits per heavy atom. The molecule has 2 rings (SSSR count). The zero-order valence-corrected chi connectivity index (χ0v) is 14.9. The van der Waals surface area contributed by atoms with Gasteiger partial charge in [-0.25, -0.2) is 0 Å². The number of aromatic nitrogens is 2. The van der Waals surface area contributed by atoms with E-state index in [-0.39, 0.29) is 5.91 Å². The summed E-state index contributed by atoms with van der Waals surface area (Å²) in [6, 6.07) is 5.56. The number of amides is 1. The Labute approximate surface area is 145 Å². The van der Waals surface area contributed by atoms with E-state index >= 15 is 0 Å². The fraction of sp³-hybridized carbons (Fsp3) is 0.353. The number of anilines is 1. The molecule has 24 heavy (non-hydrogen) atoms. The molecule has 0 saturated carbocycles. The molecule has 1 aromatic heterocycles. The minimum absolute atomic E-state index is 0.249. The number of carbonyl (C=O) groups excluding carboxylic acids is 1. The molecule has 0 spiro atoms. The first-order chi connectivity index (χ1) is 11.7. The highest BCUT2D eigenvalue weighted by Gasteiger charge is 2.06. The maximum absolute atomic E-state index is 11.9. The summed E-state index contributed by atoms with van der Waals surface area (Å²) in [4.78, 5) is 11.9. The molecule has 0 aliphatic rings. The number of ether oxygens (including phenoxy) is 2. The van der Waals surface area contributed by atoms with Crippen molar-refractivity contribution in [1.29, 1.82) is 0 Å². The highest BCUT2D eigenvalue weighted by atomic mass is 32.1. The number of nitrogens with one attached hydrogen (secondary N) is 1. The Kier molecular flexibility index (Phi) is 6.74. The van der Waals surface area contributed by atoms with Gasteiger partial charge in [-0.1, -0.05) is 24.3 Å². The van der Waals surface area contributed by atoms with Crippen molar-refractivity contribution in [3.05, 3.63) is 34.8 Å². The zero-order chi connectivity index (χ0) is 17.4. The Morgan fingerprint density at radius 2 is 1.92 bits per heavy atom. The molecule has 1 heterocycles. The molecule has 0 aliphatic carbocycles. The van der Waals surface area contributed by atoms with Crippen LogP contribution >= 0.6 is 11.3 Å². The summed E-state index contributed by atoms with van der Waals surface area (Å²) < 4.78 is 11.1. The fourth-order valence-electron chi connectivity index (χ4n) is 1.94. The van der Waals surface area contributed by atoms with Crippen molar-refractivity contribution in [2.75, 3.05) is 18.5 Å². The van der Waals surface area contributed by atoms with Crippen LogP contribution in [-0.2, 0) is 11.2 Å². The largest absolute Gasteiger partial charge is 0.490 e. The molecule has 6 nitrogen and oxygen atoms in total. The highest BCUT2D eigenvalue weighted by molar-refractivity contribution is 7.15. The van der Waals surface area contributed by atoms with Crippen molar-refractivity contribution in [1.82, 2.24) is 10.2 Å². The van der Waals surface area contributed by atoms with Gasteiger partial charge in [-0.3, -0.25) is 10.1 Å². The van der Waals surface area contributed by atoms with E-state index in [0.717, 1.165) is 17.0 Å². The fourth-order valence-corrected chi connectivity index (χ4v) is 2.62. The monoisotopic (exact) mass is 347 g/mol. The van der Waals surface area contributed by atoms with E-state index in [4.69, 9.17) is 9.47 Å². The van der Waals surface area contributed by atoms with Crippen molar-refractivity contribution >= 4 is 28.5 Å². The molecule has 7 heteroatoms. The van der Waals surface area contributed by atoms with Gasteiger partial charge >= 0.3 is 0 Å². The first kappa shape index (κ1) is 17.9. The van der Waals surface area contributed by atoms with Crippen LogP contribution in [0, 0.1) is 0 Å². The third kappa shape index (κ3) is 5.06. The van der Waals surface area contributed by atoms with E-state index in [1.54, 1.807) is 6.08 Å². The second kappa shape index (κ2) is 9.02. The normalized spacial score (nSPS) is 10.8. The van der Waals surface area contributed by atoms with Crippen LogP contribution in [0.5, 0.6) is 11.5 Å². The van der Waals surface area contributed by atoms with Gasteiger partial charge in [0.2, 0.25) is 11.0 Å². The second-order valence-corrected chi connectivity index (χ2v) is 5.81. The van der Waals surface area contributed by atoms with Crippen molar-refractivity contribution in [2.24, 2.45) is 0 Å². The van der Waals surface area contributed by atoms with E-state index in [0.29, 0.717) is 29.8 Å². The average molecular weight is 347 g/mol. The van der Waals surface area contributed by atoms with E-state index < -0.39 is 0 Å². The molecule has 0 bridgehead atoms. The molecule has 2 aromatic rings. The van der Waals surface area contributed by atoms with Crippen LogP contribution in [0.25, 0.3) is 6.08 Å². The van der Waals surface area contributed by atoms with Gasteiger partial charge in [-0.15, -0.1) is 10.2 Å². The predicted molar refractivity (Wildman–Crippen MR) is 95.7 cm³/mol. The minimum atomic E-state index is -0.249. The highest BCUT2D eigenvalue weighted by Crippen LogP contribution is 2.29. The lowest BCUT2D eigenvalue weighted by atomic mass is 10.2. The maximum atomic E-state index is 11.9. The van der Waals surface area contributed by atoms with Gasteiger partial charge in [0.25, 0.3) is 0 Å². The molecule has 0 aliphatic heterocycles. The summed E-state index contributed by atoms with van der Waals surface area (Å²) in [6.45, 7) is 6.95. The molecule has 128 valence electrons. The molecule has 1 aromatic carbocycles. The van der Waals surface area contributed by atoms with E-state index in [1.165, 1.54) is 17.4 Å². The molecule has 1 N–H and O–H groups in total. The second-order valence-electron chi connectivity index (χ2n) is 4.75. The van der Waals surface area contributed by atoms with Crippen LogP contribution in [-0.4, -0.2) is 29.3 Å². The molecule has 0 saturated heterocycles. The SMILES string of the molecule is CCOc1ccc(C=CC(=O)Nc2nnc(CC)s2)cc1OCC. The van der Waals surface area contributed by atoms with E-state index in [1.807, 2.05) is 39.0 Å². The quantitative estimate of drug-likeness (QED) is 0.739. The number of hydrogen-bond acceptors (Lipinski definition) is 6. The number of benzene rings is 1. The number of rotatable bonds is 8. The van der Waals surface area contributed by atoms with Crippen LogP contribution in [0.4, 0.5) is 5.13 Å². The Balaban J connectivity index is 2.04.